The highest BCUT2D eigenvalue weighted by molar-refractivity contribution is 6.01. The minimum atomic E-state index is -1.06. The number of anilines is 1. The van der Waals surface area contributed by atoms with E-state index in [1.165, 1.54) is 19.1 Å². The Labute approximate surface area is 195 Å². The van der Waals surface area contributed by atoms with Gasteiger partial charge in [0, 0.05) is 17.7 Å². The third-order valence-corrected chi connectivity index (χ3v) is 5.74. The predicted octanol–water partition coefficient (Wildman–Crippen LogP) is 2.68. The first-order chi connectivity index (χ1) is 16.4. The summed E-state index contributed by atoms with van der Waals surface area (Å²) in [7, 11) is 2.86. The number of fused-ring (bicyclic) bond motifs is 1. The first-order valence-electron chi connectivity index (χ1n) is 10.7. The summed E-state index contributed by atoms with van der Waals surface area (Å²) in [6.07, 6.45) is -0.655. The van der Waals surface area contributed by atoms with E-state index in [-0.39, 0.29) is 36.7 Å². The number of ether oxygens (including phenoxy) is 4. The molecular formula is C24H24N2O8. The molecule has 2 aliphatic heterocycles. The largest absolute Gasteiger partial charge is 0.493 e. The first-order valence-corrected chi connectivity index (χ1v) is 10.7. The van der Waals surface area contributed by atoms with E-state index in [9.17, 15) is 19.2 Å². The Kier molecular flexibility index (Phi) is 6.40. The average Bonchev–Trinajstić information content (AvgIpc) is 3.38. The molecular weight excluding hydrogens is 444 g/mol. The van der Waals surface area contributed by atoms with E-state index in [1.807, 2.05) is 0 Å². The molecule has 0 unspecified atom stereocenters. The number of hydrogen-bond donors (Lipinski definition) is 1. The normalized spacial score (nSPS) is 18.9. The third kappa shape index (κ3) is 4.02. The molecule has 2 heterocycles. The molecule has 1 N–H and O–H groups in total. The van der Waals surface area contributed by atoms with E-state index in [1.54, 1.807) is 43.3 Å². The molecule has 0 bridgehead atoms. The Morgan fingerprint density at radius 3 is 2.47 bits per heavy atom. The van der Waals surface area contributed by atoms with Crippen LogP contribution in [-0.2, 0) is 19.1 Å². The van der Waals surface area contributed by atoms with Gasteiger partial charge in [0.25, 0.3) is 0 Å². The minimum Gasteiger partial charge on any atom is -0.493 e. The van der Waals surface area contributed by atoms with Gasteiger partial charge in [-0.25, -0.2) is 9.59 Å². The first kappa shape index (κ1) is 23.1. The zero-order valence-corrected chi connectivity index (χ0v) is 19.0. The lowest BCUT2D eigenvalue weighted by Gasteiger charge is -2.29. The maximum atomic E-state index is 13.1. The number of likely N-dealkylation sites (tertiary alicyclic amines) is 1. The van der Waals surface area contributed by atoms with Crippen LogP contribution in [0.25, 0.3) is 0 Å². The Balaban J connectivity index is 1.56. The van der Waals surface area contributed by atoms with Gasteiger partial charge in [0.15, 0.2) is 11.5 Å². The summed E-state index contributed by atoms with van der Waals surface area (Å²) < 4.78 is 21.1. The molecule has 0 radical (unpaired) electrons. The molecule has 10 nitrogen and oxygen atoms in total. The smallest absolute Gasteiger partial charge is 0.344 e. The number of nitrogens with one attached hydrogen (secondary N) is 1. The summed E-state index contributed by atoms with van der Waals surface area (Å²) in [6, 6.07) is 8.63. The van der Waals surface area contributed by atoms with E-state index in [4.69, 9.17) is 18.9 Å². The summed E-state index contributed by atoms with van der Waals surface area (Å²) >= 11 is 0. The van der Waals surface area contributed by atoms with Gasteiger partial charge in [0.05, 0.1) is 26.4 Å². The molecule has 1 saturated heterocycles. The maximum Gasteiger partial charge on any atom is 0.344 e. The number of cyclic esters (lactones) is 1. The standard InChI is InChI=1S/C24H24N2O8/c1-4-33-23(29)13-5-7-14(8-6-13)25-21(28)16-10-12-18(27)26(16)22-15-9-11-17(31-2)20(32-3)19(15)24(30)34-22/h5-9,11,16,22H,4,10,12H2,1-3H3,(H,25,28)/t16-,22+/m1/s1. The maximum absolute atomic E-state index is 13.1. The van der Waals surface area contributed by atoms with Crippen LogP contribution in [0.1, 0.15) is 52.3 Å². The highest BCUT2D eigenvalue weighted by atomic mass is 16.6. The summed E-state index contributed by atoms with van der Waals surface area (Å²) in [4.78, 5) is 51.6. The van der Waals surface area contributed by atoms with Crippen molar-refractivity contribution >= 4 is 29.4 Å². The average molecular weight is 468 g/mol. The van der Waals surface area contributed by atoms with E-state index in [0.29, 0.717) is 22.6 Å². The van der Waals surface area contributed by atoms with Crippen LogP contribution in [0.15, 0.2) is 36.4 Å². The van der Waals surface area contributed by atoms with Crippen LogP contribution in [0.2, 0.25) is 0 Å². The van der Waals surface area contributed by atoms with Gasteiger partial charge in [0.2, 0.25) is 18.0 Å². The second-order valence-corrected chi connectivity index (χ2v) is 7.67. The van der Waals surface area contributed by atoms with Crippen molar-refractivity contribution in [3.63, 3.8) is 0 Å². The Morgan fingerprint density at radius 2 is 1.82 bits per heavy atom. The Bertz CT molecular complexity index is 1140. The molecule has 0 spiro atoms. The minimum absolute atomic E-state index is 0.135. The molecule has 178 valence electrons. The fourth-order valence-electron chi connectivity index (χ4n) is 4.17. The zero-order valence-electron chi connectivity index (χ0n) is 19.0. The number of rotatable bonds is 7. The van der Waals surface area contributed by atoms with Crippen molar-refractivity contribution in [2.24, 2.45) is 0 Å². The van der Waals surface area contributed by atoms with Crippen LogP contribution < -0.4 is 14.8 Å². The highest BCUT2D eigenvalue weighted by Gasteiger charge is 2.47. The molecule has 2 aromatic rings. The molecule has 0 aromatic heterocycles. The van der Waals surface area contributed by atoms with Crippen molar-refractivity contribution in [3.8, 4) is 11.5 Å². The molecule has 4 rings (SSSR count). The monoisotopic (exact) mass is 468 g/mol. The van der Waals surface area contributed by atoms with Crippen molar-refractivity contribution in [1.29, 1.82) is 0 Å². The van der Waals surface area contributed by atoms with Gasteiger partial charge in [-0.05, 0) is 49.7 Å². The molecule has 2 atom stereocenters. The molecule has 0 saturated carbocycles. The van der Waals surface area contributed by atoms with Gasteiger partial charge in [-0.15, -0.1) is 0 Å². The molecule has 10 heteroatoms. The summed E-state index contributed by atoms with van der Waals surface area (Å²) in [5.41, 5.74) is 1.40. The van der Waals surface area contributed by atoms with Crippen LogP contribution in [-0.4, -0.2) is 55.5 Å². The number of amides is 2. The van der Waals surface area contributed by atoms with Gasteiger partial charge >= 0.3 is 11.9 Å². The van der Waals surface area contributed by atoms with Crippen LogP contribution >= 0.6 is 0 Å². The Morgan fingerprint density at radius 1 is 1.09 bits per heavy atom. The molecule has 2 amide bonds. The second kappa shape index (κ2) is 9.42. The lowest BCUT2D eigenvalue weighted by molar-refractivity contribution is -0.144. The molecule has 2 aliphatic rings. The van der Waals surface area contributed by atoms with E-state index < -0.39 is 30.1 Å². The quantitative estimate of drug-likeness (QED) is 0.616. The fourth-order valence-corrected chi connectivity index (χ4v) is 4.17. The summed E-state index contributed by atoms with van der Waals surface area (Å²) in [5, 5.41) is 2.76. The van der Waals surface area contributed by atoms with Gasteiger partial charge in [-0.3, -0.25) is 14.5 Å². The highest BCUT2D eigenvalue weighted by Crippen LogP contribution is 2.45. The van der Waals surface area contributed by atoms with Crippen molar-refractivity contribution in [3.05, 3.63) is 53.1 Å². The third-order valence-electron chi connectivity index (χ3n) is 5.74. The van der Waals surface area contributed by atoms with Crippen LogP contribution in [0, 0.1) is 0 Å². The van der Waals surface area contributed by atoms with Gasteiger partial charge in [-0.2, -0.15) is 0 Å². The number of esters is 2. The number of carbonyl (C=O) groups excluding carboxylic acids is 4. The predicted molar refractivity (Wildman–Crippen MR) is 119 cm³/mol. The molecule has 1 fully saturated rings. The zero-order chi connectivity index (χ0) is 24.4. The number of hydrogen-bond acceptors (Lipinski definition) is 8. The topological polar surface area (TPSA) is 120 Å². The molecule has 0 aliphatic carbocycles. The molecule has 34 heavy (non-hydrogen) atoms. The number of nitrogens with zero attached hydrogens (tertiary/aromatic N) is 1. The van der Waals surface area contributed by atoms with Gasteiger partial charge in [0.1, 0.15) is 11.6 Å². The number of carbonyl (C=O) groups is 4. The summed E-state index contributed by atoms with van der Waals surface area (Å²) in [5.74, 6) is -1.29. The summed E-state index contributed by atoms with van der Waals surface area (Å²) in [6.45, 7) is 1.98. The van der Waals surface area contributed by atoms with Crippen LogP contribution in [0.3, 0.4) is 0 Å². The van der Waals surface area contributed by atoms with Crippen molar-refractivity contribution < 1.29 is 38.1 Å². The SMILES string of the molecule is CCOC(=O)c1ccc(NC(=O)[C@H]2CCC(=O)N2[C@H]2OC(=O)c3c2ccc(OC)c3OC)cc1. The van der Waals surface area contributed by atoms with Crippen LogP contribution in [0.4, 0.5) is 5.69 Å². The lowest BCUT2D eigenvalue weighted by atomic mass is 10.0. The van der Waals surface area contributed by atoms with Crippen molar-refractivity contribution in [2.45, 2.75) is 32.0 Å². The van der Waals surface area contributed by atoms with Gasteiger partial charge < -0.3 is 24.3 Å². The molecule has 2 aromatic carbocycles. The second-order valence-electron chi connectivity index (χ2n) is 7.67. The Hall–Kier alpha value is -4.08. The van der Waals surface area contributed by atoms with Crippen molar-refractivity contribution in [2.75, 3.05) is 26.1 Å². The number of benzene rings is 2. The van der Waals surface area contributed by atoms with Crippen LogP contribution in [0.5, 0.6) is 11.5 Å². The lowest BCUT2D eigenvalue weighted by Crippen LogP contribution is -2.43. The fraction of sp³-hybridized carbons (Fsp3) is 0.333. The van der Waals surface area contributed by atoms with Crippen molar-refractivity contribution in [1.82, 2.24) is 4.90 Å². The van der Waals surface area contributed by atoms with E-state index in [0.717, 1.165) is 0 Å². The van der Waals surface area contributed by atoms with E-state index in [2.05, 4.69) is 5.32 Å². The number of methoxy groups -OCH3 is 2. The van der Waals surface area contributed by atoms with E-state index >= 15 is 0 Å². The van der Waals surface area contributed by atoms with Gasteiger partial charge in [-0.1, -0.05) is 0 Å².